The molecule has 3 N–H and O–H groups in total. The van der Waals surface area contributed by atoms with Crippen LogP contribution in [-0.2, 0) is 19.0 Å². The van der Waals surface area contributed by atoms with Gasteiger partial charge in [-0.05, 0) is 51.9 Å². The Labute approximate surface area is 212 Å². The summed E-state index contributed by atoms with van der Waals surface area (Å²) in [4.78, 5) is 13.9. The molecular formula is C27H51NO7. The molecule has 0 aliphatic carbocycles. The maximum atomic E-state index is 11.8. The van der Waals surface area contributed by atoms with Crippen LogP contribution in [0, 0.1) is 5.92 Å². The molecule has 2 aliphatic heterocycles. The van der Waals surface area contributed by atoms with Gasteiger partial charge in [0.25, 0.3) is 0 Å². The minimum Gasteiger partial charge on any atom is -0.462 e. The van der Waals surface area contributed by atoms with Crippen LogP contribution in [0.25, 0.3) is 0 Å². The van der Waals surface area contributed by atoms with Gasteiger partial charge in [0.15, 0.2) is 0 Å². The van der Waals surface area contributed by atoms with E-state index in [1.54, 1.807) is 6.92 Å². The summed E-state index contributed by atoms with van der Waals surface area (Å²) in [5.74, 6) is -0.266. The third-order valence-corrected chi connectivity index (χ3v) is 7.11. The number of ether oxygens (including phenoxy) is 3. The number of piperidine rings is 1. The summed E-state index contributed by atoms with van der Waals surface area (Å²) < 4.78 is 16.4. The highest BCUT2D eigenvalue weighted by Gasteiger charge is 2.34. The number of likely N-dealkylation sites (tertiary alicyclic amines) is 1. The van der Waals surface area contributed by atoms with Gasteiger partial charge in [-0.15, -0.1) is 0 Å². The zero-order valence-electron chi connectivity index (χ0n) is 22.0. The smallest absolute Gasteiger partial charge is 0.309 e. The van der Waals surface area contributed by atoms with Gasteiger partial charge in [0.05, 0.1) is 44.6 Å². The Morgan fingerprint density at radius 1 is 0.914 bits per heavy atom. The lowest BCUT2D eigenvalue weighted by Crippen LogP contribution is -2.42. The minimum absolute atomic E-state index is 0.0349. The van der Waals surface area contributed by atoms with Crippen molar-refractivity contribution in [3.63, 3.8) is 0 Å². The second-order valence-corrected chi connectivity index (χ2v) is 10.5. The standard InChI is InChI=1S/C27H51NO7/c1-22(29)18-23-19-25(35-27(23)32)13-9-6-4-2-3-5-8-12-24(30)20-33-16-17-34-21-26(31)28-14-10-7-11-15-28/h22-26,29-31H,2-21H2,1H3/t22?,23?,24-,25+,26-/m0/s1. The van der Waals surface area contributed by atoms with Gasteiger partial charge in [0.2, 0.25) is 0 Å². The third-order valence-electron chi connectivity index (χ3n) is 7.11. The maximum Gasteiger partial charge on any atom is 0.309 e. The molecule has 0 spiro atoms. The number of unbranched alkanes of at least 4 members (excludes halogenated alkanes) is 6. The van der Waals surface area contributed by atoms with E-state index >= 15 is 0 Å². The highest BCUT2D eigenvalue weighted by molar-refractivity contribution is 5.74. The number of hydrogen-bond donors (Lipinski definition) is 3. The molecule has 0 aromatic carbocycles. The molecule has 35 heavy (non-hydrogen) atoms. The second kappa shape index (κ2) is 18.5. The lowest BCUT2D eigenvalue weighted by molar-refractivity contribution is -0.145. The Kier molecular flexibility index (Phi) is 16.1. The summed E-state index contributed by atoms with van der Waals surface area (Å²) in [6, 6.07) is 0. The average Bonchev–Trinajstić information content (AvgIpc) is 3.18. The molecular weight excluding hydrogens is 450 g/mol. The van der Waals surface area contributed by atoms with Crippen LogP contribution in [0.4, 0.5) is 0 Å². The van der Waals surface area contributed by atoms with Crippen molar-refractivity contribution >= 4 is 5.97 Å². The molecule has 0 bridgehead atoms. The van der Waals surface area contributed by atoms with E-state index in [2.05, 4.69) is 4.90 Å². The van der Waals surface area contributed by atoms with Crippen molar-refractivity contribution in [1.82, 2.24) is 4.90 Å². The zero-order chi connectivity index (χ0) is 25.3. The van der Waals surface area contributed by atoms with Crippen LogP contribution < -0.4 is 0 Å². The number of aliphatic hydroxyl groups excluding tert-OH is 3. The molecule has 2 fully saturated rings. The van der Waals surface area contributed by atoms with E-state index in [1.165, 1.54) is 25.7 Å². The minimum atomic E-state index is -0.526. The number of aliphatic hydroxyl groups is 3. The van der Waals surface area contributed by atoms with Crippen molar-refractivity contribution in [2.24, 2.45) is 5.92 Å². The SMILES string of the molecule is CC(O)CC1C[C@@H](CCCCCCCCC[C@H](O)COCCOC[C@H](O)N2CCCCC2)OC1=O. The number of rotatable bonds is 20. The fraction of sp³-hybridized carbons (Fsp3) is 0.963. The van der Waals surface area contributed by atoms with E-state index in [4.69, 9.17) is 14.2 Å². The molecule has 0 saturated carbocycles. The Morgan fingerprint density at radius 2 is 1.54 bits per heavy atom. The van der Waals surface area contributed by atoms with E-state index in [-0.39, 0.29) is 18.0 Å². The first kappa shape index (κ1) is 30.5. The predicted molar refractivity (Wildman–Crippen MR) is 135 cm³/mol. The van der Waals surface area contributed by atoms with E-state index in [0.717, 1.165) is 70.9 Å². The fourth-order valence-corrected chi connectivity index (χ4v) is 5.07. The van der Waals surface area contributed by atoms with Crippen LogP contribution in [-0.4, -0.2) is 90.2 Å². The van der Waals surface area contributed by atoms with E-state index in [9.17, 15) is 20.1 Å². The Hall–Kier alpha value is -0.770. The predicted octanol–water partition coefficient (Wildman–Crippen LogP) is 3.40. The third kappa shape index (κ3) is 13.9. The Balaban J connectivity index is 1.31. The number of carbonyl (C=O) groups excluding carboxylic acids is 1. The molecule has 2 aliphatic rings. The molecule has 2 rings (SSSR count). The summed E-state index contributed by atoms with van der Waals surface area (Å²) in [5.41, 5.74) is 0. The van der Waals surface area contributed by atoms with Crippen molar-refractivity contribution in [2.45, 2.75) is 121 Å². The summed E-state index contributed by atoms with van der Waals surface area (Å²) in [6.45, 7) is 5.12. The van der Waals surface area contributed by atoms with Crippen LogP contribution in [0.15, 0.2) is 0 Å². The molecule has 2 unspecified atom stereocenters. The number of esters is 1. The highest BCUT2D eigenvalue weighted by Crippen LogP contribution is 2.28. The van der Waals surface area contributed by atoms with E-state index in [0.29, 0.717) is 32.8 Å². The van der Waals surface area contributed by atoms with Gasteiger partial charge in [0.1, 0.15) is 12.3 Å². The molecule has 206 valence electrons. The molecule has 2 saturated heterocycles. The monoisotopic (exact) mass is 501 g/mol. The Bertz CT molecular complexity index is 542. The van der Waals surface area contributed by atoms with Crippen LogP contribution >= 0.6 is 0 Å². The van der Waals surface area contributed by atoms with Crippen molar-refractivity contribution in [3.8, 4) is 0 Å². The lowest BCUT2D eigenvalue weighted by atomic mass is 9.96. The van der Waals surface area contributed by atoms with Gasteiger partial charge in [-0.2, -0.15) is 0 Å². The number of nitrogens with zero attached hydrogens (tertiary/aromatic N) is 1. The molecule has 0 aromatic heterocycles. The fourth-order valence-electron chi connectivity index (χ4n) is 5.07. The van der Waals surface area contributed by atoms with Crippen molar-refractivity contribution in [2.75, 3.05) is 39.5 Å². The van der Waals surface area contributed by atoms with Crippen LogP contribution in [0.2, 0.25) is 0 Å². The zero-order valence-corrected chi connectivity index (χ0v) is 22.0. The van der Waals surface area contributed by atoms with Crippen molar-refractivity contribution in [3.05, 3.63) is 0 Å². The first-order valence-electron chi connectivity index (χ1n) is 14.1. The molecule has 8 nitrogen and oxygen atoms in total. The topological polar surface area (TPSA) is 109 Å². The Morgan fingerprint density at radius 3 is 2.23 bits per heavy atom. The van der Waals surface area contributed by atoms with Gasteiger partial charge >= 0.3 is 5.97 Å². The van der Waals surface area contributed by atoms with Crippen LogP contribution in [0.1, 0.15) is 96.8 Å². The van der Waals surface area contributed by atoms with Gasteiger partial charge in [-0.25, -0.2) is 0 Å². The average molecular weight is 502 g/mol. The van der Waals surface area contributed by atoms with E-state index in [1.807, 2.05) is 0 Å². The van der Waals surface area contributed by atoms with Crippen molar-refractivity contribution < 1.29 is 34.3 Å². The summed E-state index contributed by atoms with van der Waals surface area (Å²) >= 11 is 0. The lowest BCUT2D eigenvalue weighted by Gasteiger charge is -2.30. The number of hydrogen-bond acceptors (Lipinski definition) is 8. The number of carbonyl (C=O) groups is 1. The first-order chi connectivity index (χ1) is 17.0. The summed E-state index contributed by atoms with van der Waals surface area (Å²) in [5, 5.41) is 29.6. The van der Waals surface area contributed by atoms with Gasteiger partial charge in [0, 0.05) is 13.1 Å². The first-order valence-corrected chi connectivity index (χ1v) is 14.1. The van der Waals surface area contributed by atoms with E-state index < -0.39 is 18.4 Å². The maximum absolute atomic E-state index is 11.8. The molecule has 0 amide bonds. The number of cyclic esters (lactones) is 1. The molecule has 0 radical (unpaired) electrons. The quantitative estimate of drug-likeness (QED) is 0.172. The van der Waals surface area contributed by atoms with Crippen LogP contribution in [0.3, 0.4) is 0 Å². The van der Waals surface area contributed by atoms with Crippen LogP contribution in [0.5, 0.6) is 0 Å². The summed E-state index contributed by atoms with van der Waals surface area (Å²) in [6.07, 6.45) is 13.0. The molecule has 0 aromatic rings. The summed E-state index contributed by atoms with van der Waals surface area (Å²) in [7, 11) is 0. The van der Waals surface area contributed by atoms with Gasteiger partial charge in [-0.3, -0.25) is 9.69 Å². The normalized spacial score (nSPS) is 23.8. The molecule has 8 heteroatoms. The molecule has 5 atom stereocenters. The highest BCUT2D eigenvalue weighted by atomic mass is 16.6. The largest absolute Gasteiger partial charge is 0.462 e. The molecule has 2 heterocycles. The van der Waals surface area contributed by atoms with Crippen molar-refractivity contribution in [1.29, 1.82) is 0 Å². The second-order valence-electron chi connectivity index (χ2n) is 10.5. The van der Waals surface area contributed by atoms with Gasteiger partial charge < -0.3 is 29.5 Å². The van der Waals surface area contributed by atoms with Gasteiger partial charge in [-0.1, -0.05) is 44.9 Å².